The average Bonchev–Trinajstić information content (AvgIpc) is 3.53. The van der Waals surface area contributed by atoms with Gasteiger partial charge in [-0.05, 0) is 54.0 Å². The summed E-state index contributed by atoms with van der Waals surface area (Å²) in [6, 6.07) is 7.38. The van der Waals surface area contributed by atoms with Gasteiger partial charge in [0.2, 0.25) is 0 Å². The third-order valence-electron chi connectivity index (χ3n) is 8.10. The molecule has 2 N–H and O–H groups in total. The maximum Gasteiger partial charge on any atom is 0.252 e. The molecule has 190 valence electrons. The van der Waals surface area contributed by atoms with Gasteiger partial charge in [-0.1, -0.05) is 19.9 Å². The van der Waals surface area contributed by atoms with Crippen molar-refractivity contribution in [1.82, 2.24) is 34.9 Å². The van der Waals surface area contributed by atoms with Crippen LogP contribution in [0.1, 0.15) is 67.9 Å². The van der Waals surface area contributed by atoms with Crippen LogP contribution in [0.25, 0.3) is 17.2 Å². The van der Waals surface area contributed by atoms with Crippen LogP contribution in [0.5, 0.6) is 0 Å². The quantitative estimate of drug-likeness (QED) is 0.409. The molecule has 0 spiro atoms. The molecule has 0 amide bonds. The Morgan fingerprint density at radius 3 is 2.68 bits per heavy atom. The Labute approximate surface area is 211 Å². The summed E-state index contributed by atoms with van der Waals surface area (Å²) in [5, 5.41) is 32.3. The van der Waals surface area contributed by atoms with E-state index in [9.17, 15) is 13.9 Å². The fraction of sp³-hybridized carbons (Fsp3) is 0.385. The Balaban J connectivity index is 1.44. The normalized spacial score (nSPS) is 22.3. The van der Waals surface area contributed by atoms with Gasteiger partial charge in [-0.2, -0.15) is 9.78 Å². The molecule has 1 aromatic carbocycles. The van der Waals surface area contributed by atoms with Gasteiger partial charge in [0, 0.05) is 19.2 Å². The van der Waals surface area contributed by atoms with Crippen molar-refractivity contribution in [3.63, 3.8) is 0 Å². The predicted octanol–water partition coefficient (Wildman–Crippen LogP) is 3.41. The van der Waals surface area contributed by atoms with Crippen LogP contribution in [0.15, 0.2) is 42.9 Å². The molecule has 3 aromatic heterocycles. The van der Waals surface area contributed by atoms with Crippen molar-refractivity contribution in [1.29, 1.82) is 0 Å². The summed E-state index contributed by atoms with van der Waals surface area (Å²) in [6.45, 7) is 4.14. The van der Waals surface area contributed by atoms with Crippen LogP contribution in [-0.2, 0) is 5.41 Å². The van der Waals surface area contributed by atoms with Crippen molar-refractivity contribution in [2.45, 2.75) is 50.5 Å². The van der Waals surface area contributed by atoms with E-state index in [1.54, 1.807) is 12.3 Å². The van der Waals surface area contributed by atoms with E-state index < -0.39 is 23.2 Å². The fourth-order valence-electron chi connectivity index (χ4n) is 6.23. The van der Waals surface area contributed by atoms with Crippen molar-refractivity contribution in [3.8, 4) is 17.2 Å². The molecule has 1 fully saturated rings. The molecule has 2 bridgehead atoms. The van der Waals surface area contributed by atoms with Crippen molar-refractivity contribution in [2.24, 2.45) is 5.41 Å². The van der Waals surface area contributed by atoms with Crippen molar-refractivity contribution >= 4 is 0 Å². The van der Waals surface area contributed by atoms with Crippen LogP contribution in [0, 0.1) is 17.0 Å². The summed E-state index contributed by atoms with van der Waals surface area (Å²) in [6.07, 6.45) is 3.85. The average molecular weight is 506 g/mol. The van der Waals surface area contributed by atoms with Gasteiger partial charge in [-0.25, -0.2) is 23.7 Å². The number of benzene rings is 1. The van der Waals surface area contributed by atoms with Gasteiger partial charge in [0.15, 0.2) is 5.82 Å². The molecule has 0 unspecified atom stereocenters. The van der Waals surface area contributed by atoms with Crippen LogP contribution >= 0.6 is 0 Å². The molecule has 4 aromatic rings. The molecule has 1 saturated carbocycles. The SMILES string of the molecule is CC1(C)[C@H]2CC[C@@]1(c1ccnc(-n3cnc([C@H](O)CCO)n3)n1)c1nnc(-c3c(F)cccc3F)cc12. The molecule has 0 aliphatic heterocycles. The van der Waals surface area contributed by atoms with E-state index in [0.29, 0.717) is 0 Å². The summed E-state index contributed by atoms with van der Waals surface area (Å²) in [4.78, 5) is 13.3. The second-order valence-corrected chi connectivity index (χ2v) is 10.2. The maximum atomic E-state index is 14.5. The summed E-state index contributed by atoms with van der Waals surface area (Å²) in [7, 11) is 0. The van der Waals surface area contributed by atoms with Crippen LogP contribution in [0.2, 0.25) is 0 Å². The number of hydrogen-bond donors (Lipinski definition) is 2. The molecular formula is C26H25F2N7O2. The lowest BCUT2D eigenvalue weighted by Crippen LogP contribution is -2.38. The molecule has 9 nitrogen and oxygen atoms in total. The fourth-order valence-corrected chi connectivity index (χ4v) is 6.23. The van der Waals surface area contributed by atoms with Crippen LogP contribution in [0.3, 0.4) is 0 Å². The van der Waals surface area contributed by atoms with Gasteiger partial charge in [-0.15, -0.1) is 10.2 Å². The summed E-state index contributed by atoms with van der Waals surface area (Å²) in [5.74, 6) is -0.789. The first-order valence-electron chi connectivity index (χ1n) is 12.1. The molecule has 37 heavy (non-hydrogen) atoms. The molecule has 3 heterocycles. The molecule has 0 saturated heterocycles. The number of aliphatic hydroxyl groups excluding tert-OH is 2. The maximum absolute atomic E-state index is 14.5. The van der Waals surface area contributed by atoms with Crippen LogP contribution in [0.4, 0.5) is 8.78 Å². The van der Waals surface area contributed by atoms with Gasteiger partial charge in [-0.3, -0.25) is 0 Å². The van der Waals surface area contributed by atoms with E-state index in [0.717, 1.165) is 29.8 Å². The number of rotatable bonds is 6. The highest BCUT2D eigenvalue weighted by Crippen LogP contribution is 2.69. The highest BCUT2D eigenvalue weighted by atomic mass is 19.1. The van der Waals surface area contributed by atoms with Gasteiger partial charge in [0.1, 0.15) is 24.1 Å². The predicted molar refractivity (Wildman–Crippen MR) is 128 cm³/mol. The highest BCUT2D eigenvalue weighted by molar-refractivity contribution is 5.64. The monoisotopic (exact) mass is 505 g/mol. The van der Waals surface area contributed by atoms with E-state index in [1.165, 1.54) is 29.2 Å². The van der Waals surface area contributed by atoms with E-state index in [-0.39, 0.29) is 47.4 Å². The van der Waals surface area contributed by atoms with Crippen molar-refractivity contribution in [3.05, 3.63) is 77.3 Å². The Hall–Kier alpha value is -3.70. The third-order valence-corrected chi connectivity index (χ3v) is 8.10. The van der Waals surface area contributed by atoms with Crippen molar-refractivity contribution in [2.75, 3.05) is 6.61 Å². The van der Waals surface area contributed by atoms with Gasteiger partial charge < -0.3 is 10.2 Å². The molecule has 6 rings (SSSR count). The second-order valence-electron chi connectivity index (χ2n) is 10.2. The Morgan fingerprint density at radius 1 is 1.14 bits per heavy atom. The smallest absolute Gasteiger partial charge is 0.252 e. The zero-order chi connectivity index (χ0) is 25.9. The summed E-state index contributed by atoms with van der Waals surface area (Å²) < 4.78 is 30.4. The molecule has 3 atom stereocenters. The molecular weight excluding hydrogens is 480 g/mol. The minimum Gasteiger partial charge on any atom is -0.396 e. The second kappa shape index (κ2) is 8.42. The summed E-state index contributed by atoms with van der Waals surface area (Å²) in [5.41, 5.74) is 1.55. The van der Waals surface area contributed by atoms with E-state index in [1.807, 2.05) is 6.07 Å². The van der Waals surface area contributed by atoms with Gasteiger partial charge in [0.25, 0.3) is 5.95 Å². The van der Waals surface area contributed by atoms with Gasteiger partial charge >= 0.3 is 0 Å². The topological polar surface area (TPSA) is 123 Å². The first-order chi connectivity index (χ1) is 17.8. The number of hydrogen-bond acceptors (Lipinski definition) is 8. The first kappa shape index (κ1) is 23.7. The Morgan fingerprint density at radius 2 is 1.92 bits per heavy atom. The molecule has 0 radical (unpaired) electrons. The van der Waals surface area contributed by atoms with Crippen LogP contribution in [-0.4, -0.2) is 51.7 Å². The minimum absolute atomic E-state index is 0.108. The lowest BCUT2D eigenvalue weighted by molar-refractivity contribution is 0.126. The zero-order valence-electron chi connectivity index (χ0n) is 20.3. The largest absolute Gasteiger partial charge is 0.396 e. The number of nitrogens with zero attached hydrogens (tertiary/aromatic N) is 7. The van der Waals surface area contributed by atoms with E-state index in [2.05, 4.69) is 39.1 Å². The van der Waals surface area contributed by atoms with E-state index >= 15 is 0 Å². The van der Waals surface area contributed by atoms with Gasteiger partial charge in [0.05, 0.1) is 28.1 Å². The Kier molecular flexibility index (Phi) is 5.39. The first-order valence-corrected chi connectivity index (χ1v) is 12.1. The number of aromatic nitrogens is 7. The zero-order valence-corrected chi connectivity index (χ0v) is 20.3. The number of fused-ring (bicyclic) bond motifs is 5. The lowest BCUT2D eigenvalue weighted by atomic mass is 9.66. The molecule has 2 aliphatic rings. The Bertz CT molecular complexity index is 1490. The molecule has 2 aliphatic carbocycles. The lowest BCUT2D eigenvalue weighted by Gasteiger charge is -2.37. The highest BCUT2D eigenvalue weighted by Gasteiger charge is 2.65. The number of halogens is 2. The minimum atomic E-state index is -0.993. The number of aliphatic hydroxyl groups is 2. The summed E-state index contributed by atoms with van der Waals surface area (Å²) >= 11 is 0. The van der Waals surface area contributed by atoms with Crippen molar-refractivity contribution < 1.29 is 19.0 Å². The van der Waals surface area contributed by atoms with E-state index in [4.69, 9.17) is 10.1 Å². The molecule has 11 heteroatoms. The third kappa shape index (κ3) is 3.33. The standard InChI is InChI=1S/C26H25F2N7O2/c1-25(2)15-6-9-26(25,22-14(15)12-18(32-33-22)21-16(27)4-3-5-17(21)28)20-7-10-29-24(31-20)35-13-30-23(34-35)19(37)8-11-36/h3-5,7,10,12-13,15,19,36-37H,6,8-9,11H2,1-2H3/t15-,19+,26+/m0/s1. The van der Waals surface area contributed by atoms with Crippen LogP contribution < -0.4 is 0 Å².